The first-order valence-corrected chi connectivity index (χ1v) is 18.1. The van der Waals surface area contributed by atoms with Crippen molar-refractivity contribution < 1.29 is 23.0 Å². The van der Waals surface area contributed by atoms with E-state index in [-0.39, 0.29) is 0 Å². The summed E-state index contributed by atoms with van der Waals surface area (Å²) in [4.78, 5) is 0. The molecule has 0 fully saturated rings. The third-order valence-electron chi connectivity index (χ3n) is 5.48. The second-order valence-electron chi connectivity index (χ2n) is 9.00. The van der Waals surface area contributed by atoms with E-state index in [1.165, 1.54) is 85.5 Å². The Hall–Kier alpha value is -1.25. The Labute approximate surface area is 205 Å². The van der Waals surface area contributed by atoms with E-state index in [0.29, 0.717) is 11.8 Å². The van der Waals surface area contributed by atoms with Crippen LogP contribution in [0.25, 0.3) is 21.5 Å². The van der Waals surface area contributed by atoms with Crippen molar-refractivity contribution in [2.45, 2.75) is 72.8 Å². The summed E-state index contributed by atoms with van der Waals surface area (Å²) in [5.74, 6) is 1.23. The molecule has 161 valence electrons. The first-order valence-electron chi connectivity index (χ1n) is 11.5. The van der Waals surface area contributed by atoms with Gasteiger partial charge in [0.25, 0.3) is 0 Å². The summed E-state index contributed by atoms with van der Waals surface area (Å²) in [7, 11) is 0. The van der Waals surface area contributed by atoms with Crippen molar-refractivity contribution in [2.75, 3.05) is 0 Å². The maximum atomic E-state index is 2.28. The van der Waals surface area contributed by atoms with Gasteiger partial charge in [0.15, 0.2) is 0 Å². The predicted octanol–water partition coefficient (Wildman–Crippen LogP) is 8.96. The minimum absolute atomic E-state index is 0.616. The molecule has 0 aliphatic rings. The molecule has 0 amide bonds. The van der Waals surface area contributed by atoms with Crippen LogP contribution in [0.15, 0.2) is 60.7 Å². The molecule has 1 radical (unpaired) electrons. The van der Waals surface area contributed by atoms with Gasteiger partial charge >= 0.3 is 48.6 Å². The number of aryl methyl sites for hydroxylation is 2. The van der Waals surface area contributed by atoms with Gasteiger partial charge in [0, 0.05) is 0 Å². The molecule has 31 heavy (non-hydrogen) atoms. The van der Waals surface area contributed by atoms with Gasteiger partial charge in [0.05, 0.1) is 0 Å². The Bertz CT molecular complexity index is 1010. The molecule has 0 bridgehead atoms. The van der Waals surface area contributed by atoms with E-state index < -0.39 is 0 Å². The molecule has 0 N–H and O–H groups in total. The maximum absolute atomic E-state index is 2.28. The van der Waals surface area contributed by atoms with E-state index in [1.54, 1.807) is 0 Å². The Morgan fingerprint density at radius 3 is 1.48 bits per heavy atom. The second-order valence-corrected chi connectivity index (χ2v) is 13.7. The fraction of sp³-hybridized carbons (Fsp3) is 0.379. The Morgan fingerprint density at radius 1 is 0.774 bits per heavy atom. The molecule has 0 aliphatic carbocycles. The van der Waals surface area contributed by atoms with E-state index in [9.17, 15) is 0 Å². The molecule has 0 spiro atoms. The molecular formula is C29H37HfSi. The van der Waals surface area contributed by atoms with Crippen molar-refractivity contribution in [3.05, 3.63) is 82.9 Å². The Kier molecular flexibility index (Phi) is 10.7. The van der Waals surface area contributed by atoms with Gasteiger partial charge in [-0.15, -0.1) is 69.1 Å². The van der Waals surface area contributed by atoms with E-state index in [2.05, 4.69) is 109 Å². The molecule has 0 saturated carbocycles. The molecule has 4 rings (SSSR count). The van der Waals surface area contributed by atoms with Crippen LogP contribution in [0.4, 0.5) is 0 Å². The molecule has 0 nitrogen and oxygen atoms in total. The van der Waals surface area contributed by atoms with Crippen LogP contribution in [-0.2, 0) is 23.0 Å². The summed E-state index contributed by atoms with van der Waals surface area (Å²) in [6, 6.07) is 23.7. The molecule has 0 aromatic heterocycles. The van der Waals surface area contributed by atoms with Gasteiger partial charge in [-0.05, 0) is 11.8 Å². The van der Waals surface area contributed by atoms with Crippen molar-refractivity contribution in [3.63, 3.8) is 0 Å². The van der Waals surface area contributed by atoms with Crippen molar-refractivity contribution >= 4 is 27.8 Å². The standard InChI is InChI=1S/2C13H15.C3H7Si.Hf/c2*1-9(2)12-6-4-5-11-7-10(3)8-13(11)12;1-2-3-4;/h2*4-9H,1-3H3;2-3H2,1H3;/q2*-1;;+2. The fourth-order valence-electron chi connectivity index (χ4n) is 3.95. The topological polar surface area (TPSA) is 0 Å². The van der Waals surface area contributed by atoms with Gasteiger partial charge in [-0.1, -0.05) is 64.8 Å². The average Bonchev–Trinajstić information content (AvgIpc) is 3.29. The molecule has 0 atom stereocenters. The molecule has 0 unspecified atom stereocenters. The maximum Gasteiger partial charge on any atom is -0.0308 e. The van der Waals surface area contributed by atoms with Crippen LogP contribution in [0.2, 0.25) is 6.04 Å². The summed E-state index contributed by atoms with van der Waals surface area (Å²) in [5.41, 5.74) is 5.66. The second kappa shape index (κ2) is 12.7. The number of hydrogen-bond donors (Lipinski definition) is 0. The fourth-order valence-corrected chi connectivity index (χ4v) is 6.89. The van der Waals surface area contributed by atoms with E-state index in [1.807, 2.05) is 0 Å². The van der Waals surface area contributed by atoms with Gasteiger partial charge in [0.1, 0.15) is 0 Å². The first kappa shape index (κ1) is 26.0. The van der Waals surface area contributed by atoms with Crippen LogP contribution < -0.4 is 0 Å². The molecule has 0 saturated heterocycles. The van der Waals surface area contributed by atoms with Gasteiger partial charge in [-0.3, -0.25) is 0 Å². The molecule has 2 heteroatoms. The van der Waals surface area contributed by atoms with Crippen LogP contribution in [-0.4, -0.2) is 6.22 Å². The molecule has 4 aromatic rings. The Balaban J connectivity index is 0.000000182. The van der Waals surface area contributed by atoms with Crippen LogP contribution in [0.5, 0.6) is 0 Å². The molecule has 4 aromatic carbocycles. The van der Waals surface area contributed by atoms with E-state index in [0.717, 1.165) is 0 Å². The molecule has 0 heterocycles. The van der Waals surface area contributed by atoms with E-state index in [4.69, 9.17) is 0 Å². The van der Waals surface area contributed by atoms with Crippen LogP contribution in [0, 0.1) is 13.8 Å². The van der Waals surface area contributed by atoms with Crippen LogP contribution in [0.1, 0.15) is 75.1 Å². The summed E-state index contributed by atoms with van der Waals surface area (Å²) in [6.07, 6.45) is 2.69. The number of hydrogen-bond acceptors (Lipinski definition) is 0. The molecule has 0 aliphatic heterocycles. The minimum Gasteiger partial charge on any atom is -0.165 e. The number of rotatable bonds is 4. The zero-order valence-corrected chi connectivity index (χ0v) is 24.9. The Morgan fingerprint density at radius 2 is 1.19 bits per heavy atom. The SMILES string of the molecule is CCC[Si]=[Hf+2].Cc1cc2c(C(C)C)cccc2[cH-]1.Cc1cc2c(C(C)C)cccc2[cH-]1. The van der Waals surface area contributed by atoms with Gasteiger partial charge in [-0.25, -0.2) is 0 Å². The van der Waals surface area contributed by atoms with Gasteiger partial charge in [0.2, 0.25) is 0 Å². The summed E-state index contributed by atoms with van der Waals surface area (Å²) in [5, 5.41) is 5.61. The zero-order valence-electron chi connectivity index (χ0n) is 20.3. The third-order valence-corrected chi connectivity index (χ3v) is 8.92. The van der Waals surface area contributed by atoms with Crippen molar-refractivity contribution in [2.24, 2.45) is 0 Å². The van der Waals surface area contributed by atoms with Crippen molar-refractivity contribution in [1.29, 1.82) is 0 Å². The smallest absolute Gasteiger partial charge is 0.0308 e. The van der Waals surface area contributed by atoms with Crippen molar-refractivity contribution in [1.82, 2.24) is 0 Å². The van der Waals surface area contributed by atoms with Crippen LogP contribution >= 0.6 is 0 Å². The van der Waals surface area contributed by atoms with Crippen LogP contribution in [0.3, 0.4) is 0 Å². The number of fused-ring (bicyclic) bond motifs is 2. The normalized spacial score (nSPS) is 10.8. The van der Waals surface area contributed by atoms with Gasteiger partial charge in [-0.2, -0.15) is 12.1 Å². The quantitative estimate of drug-likeness (QED) is 0.164. The minimum atomic E-state index is 0.616. The van der Waals surface area contributed by atoms with Gasteiger partial charge < -0.3 is 0 Å². The third kappa shape index (κ3) is 7.39. The number of benzene rings is 2. The first-order chi connectivity index (χ1) is 14.8. The summed E-state index contributed by atoms with van der Waals surface area (Å²) < 4.78 is 0. The molecular weight excluding hydrogens is 555 g/mol. The average molecular weight is 592 g/mol. The summed E-state index contributed by atoms with van der Waals surface area (Å²) >= 11 is 1.43. The zero-order chi connectivity index (χ0) is 23.0. The van der Waals surface area contributed by atoms with E-state index >= 15 is 0 Å². The summed E-state index contributed by atoms with van der Waals surface area (Å²) in [6.45, 7) is 15.5. The monoisotopic (exact) mass is 593 g/mol. The van der Waals surface area contributed by atoms with Crippen molar-refractivity contribution in [3.8, 4) is 0 Å². The largest absolute Gasteiger partial charge is 0.165 e. The predicted molar refractivity (Wildman–Crippen MR) is 138 cm³/mol.